The van der Waals surface area contributed by atoms with E-state index in [2.05, 4.69) is 31.1 Å². The van der Waals surface area contributed by atoms with Gasteiger partial charge in [0.1, 0.15) is 23.6 Å². The van der Waals surface area contributed by atoms with E-state index >= 15 is 0 Å². The molecular formula is C28H29ClN4O5S. The lowest BCUT2D eigenvalue weighted by atomic mass is 9.98. The zero-order valence-corrected chi connectivity index (χ0v) is 22.8. The molecule has 1 aliphatic carbocycles. The molecule has 4 fully saturated rings. The van der Waals surface area contributed by atoms with Crippen LogP contribution in [0.2, 0.25) is 5.02 Å². The predicted molar refractivity (Wildman–Crippen MR) is 147 cm³/mol. The molecule has 3 aromatic rings. The van der Waals surface area contributed by atoms with Crippen molar-refractivity contribution >= 4 is 34.1 Å². The fourth-order valence-corrected chi connectivity index (χ4v) is 7.19. The zero-order chi connectivity index (χ0) is 26.5. The van der Waals surface area contributed by atoms with Crippen LogP contribution in [-0.2, 0) is 20.8 Å². The van der Waals surface area contributed by atoms with Gasteiger partial charge in [0.2, 0.25) is 0 Å². The summed E-state index contributed by atoms with van der Waals surface area (Å²) in [4.78, 5) is 12.3. The van der Waals surface area contributed by atoms with Crippen LogP contribution in [0.5, 0.6) is 6.01 Å². The van der Waals surface area contributed by atoms with Crippen LogP contribution >= 0.6 is 11.6 Å². The van der Waals surface area contributed by atoms with E-state index in [1.165, 1.54) is 0 Å². The SMILES string of the molecule is [O-][S+](C1CC1)N1CCC(C#Cc2ccc(-c3nc4nc(OC5CO[C@@H]6C(O)CO[C@H]56)[nH]c4cc3Cl)cc2)CC1. The molecule has 2 N–H and O–H groups in total. The van der Waals surface area contributed by atoms with Crippen molar-refractivity contribution < 1.29 is 23.9 Å². The fourth-order valence-electron chi connectivity index (χ4n) is 5.40. The van der Waals surface area contributed by atoms with Crippen LogP contribution in [0.3, 0.4) is 0 Å². The van der Waals surface area contributed by atoms with E-state index in [0.29, 0.717) is 45.7 Å². The van der Waals surface area contributed by atoms with E-state index in [9.17, 15) is 9.66 Å². The molecule has 39 heavy (non-hydrogen) atoms. The summed E-state index contributed by atoms with van der Waals surface area (Å²) in [5.74, 6) is 7.05. The summed E-state index contributed by atoms with van der Waals surface area (Å²) in [7, 11) is 0. The van der Waals surface area contributed by atoms with Gasteiger partial charge in [-0.15, -0.1) is 4.31 Å². The molecule has 11 heteroatoms. The van der Waals surface area contributed by atoms with Crippen molar-refractivity contribution in [3.8, 4) is 29.1 Å². The summed E-state index contributed by atoms with van der Waals surface area (Å²) in [5, 5.41) is 10.8. The third kappa shape index (κ3) is 5.25. The number of aromatic amines is 1. The van der Waals surface area contributed by atoms with E-state index in [-0.39, 0.29) is 24.9 Å². The molecule has 5 heterocycles. The van der Waals surface area contributed by atoms with E-state index < -0.39 is 17.5 Å². The Morgan fingerprint density at radius 1 is 1.08 bits per heavy atom. The number of aliphatic hydroxyl groups excluding tert-OH is 1. The molecule has 1 saturated carbocycles. The minimum absolute atomic E-state index is 0.239. The van der Waals surface area contributed by atoms with Gasteiger partial charge in [0.15, 0.2) is 11.8 Å². The second kappa shape index (κ2) is 10.6. The molecule has 4 aliphatic rings. The summed E-state index contributed by atoms with van der Waals surface area (Å²) in [5.41, 5.74) is 3.59. The number of benzene rings is 1. The Hall–Kier alpha value is -2.36. The molecule has 3 saturated heterocycles. The molecule has 3 unspecified atom stereocenters. The Bertz CT molecular complexity index is 1410. The Kier molecular flexibility index (Phi) is 6.93. The van der Waals surface area contributed by atoms with Gasteiger partial charge in [0.05, 0.1) is 29.4 Å². The molecule has 0 radical (unpaired) electrons. The first-order valence-corrected chi connectivity index (χ1v) is 15.0. The molecule has 2 aromatic heterocycles. The lowest BCUT2D eigenvalue weighted by Gasteiger charge is -2.30. The number of piperidine rings is 1. The van der Waals surface area contributed by atoms with Gasteiger partial charge in [-0.3, -0.25) is 0 Å². The Morgan fingerprint density at radius 3 is 2.62 bits per heavy atom. The Morgan fingerprint density at radius 2 is 1.85 bits per heavy atom. The maximum absolute atomic E-state index is 12.4. The van der Waals surface area contributed by atoms with Gasteiger partial charge in [-0.1, -0.05) is 35.6 Å². The molecule has 5 atom stereocenters. The summed E-state index contributed by atoms with van der Waals surface area (Å²) >= 11 is 5.79. The topological polar surface area (TPSA) is 116 Å². The van der Waals surface area contributed by atoms with Gasteiger partial charge in [-0.25, -0.2) is 4.98 Å². The van der Waals surface area contributed by atoms with Crippen molar-refractivity contribution in [3.05, 3.63) is 40.9 Å². The van der Waals surface area contributed by atoms with Crippen LogP contribution < -0.4 is 4.74 Å². The van der Waals surface area contributed by atoms with Gasteiger partial charge in [-0.05, 0) is 31.0 Å². The first-order chi connectivity index (χ1) is 19.0. The Balaban J connectivity index is 1.01. The van der Waals surface area contributed by atoms with Gasteiger partial charge in [-0.2, -0.15) is 4.98 Å². The largest absolute Gasteiger partial charge is 0.598 e. The number of hydrogen-bond donors (Lipinski definition) is 2. The molecule has 0 spiro atoms. The highest BCUT2D eigenvalue weighted by Gasteiger charge is 2.48. The Labute approximate surface area is 234 Å². The minimum Gasteiger partial charge on any atom is -0.598 e. The molecule has 3 aliphatic heterocycles. The lowest BCUT2D eigenvalue weighted by molar-refractivity contribution is 0.00706. The third-order valence-electron chi connectivity index (χ3n) is 7.75. The number of nitrogens with one attached hydrogen (secondary N) is 1. The van der Waals surface area contributed by atoms with Crippen molar-refractivity contribution in [2.24, 2.45) is 5.92 Å². The van der Waals surface area contributed by atoms with Crippen molar-refractivity contribution in [1.82, 2.24) is 19.3 Å². The number of rotatable bonds is 5. The van der Waals surface area contributed by atoms with Crippen molar-refractivity contribution in [1.29, 1.82) is 0 Å². The van der Waals surface area contributed by atoms with Crippen LogP contribution in [-0.4, -0.2) is 84.9 Å². The highest BCUT2D eigenvalue weighted by molar-refractivity contribution is 7.90. The van der Waals surface area contributed by atoms with E-state index in [4.69, 9.17) is 25.8 Å². The molecule has 9 nitrogen and oxygen atoms in total. The van der Waals surface area contributed by atoms with Gasteiger partial charge in [0, 0.05) is 54.3 Å². The quantitative estimate of drug-likeness (QED) is 0.356. The standard InChI is InChI=1S/C28H29ClN4O5S/c29-20-13-21-27(32-28(30-21)38-23-15-37-25-22(34)14-36-26(23)25)31-24(20)18-5-3-16(4-6-18)1-2-17-9-11-33(12-10-17)39(35)19-7-8-19/h3-6,13,17,19,22-23,25-26,34H,7-12,14-15H2,(H,30,31,32)/t22?,23?,25-,26-,39?/m1/s1. The van der Waals surface area contributed by atoms with Crippen LogP contribution in [0.15, 0.2) is 30.3 Å². The summed E-state index contributed by atoms with van der Waals surface area (Å²) < 4.78 is 31.7. The number of halogens is 1. The van der Waals surface area contributed by atoms with Crippen LogP contribution in [0.1, 0.15) is 31.2 Å². The van der Waals surface area contributed by atoms with E-state index in [1.807, 2.05) is 24.3 Å². The third-order valence-corrected chi connectivity index (χ3v) is 9.95. The van der Waals surface area contributed by atoms with E-state index in [1.54, 1.807) is 6.07 Å². The average Bonchev–Trinajstić information content (AvgIpc) is 3.47. The monoisotopic (exact) mass is 568 g/mol. The molecule has 0 bridgehead atoms. The molecule has 7 rings (SSSR count). The van der Waals surface area contributed by atoms with Crippen LogP contribution in [0.25, 0.3) is 22.4 Å². The van der Waals surface area contributed by atoms with Gasteiger partial charge < -0.3 is 28.9 Å². The number of aliphatic hydroxyl groups is 1. The number of aromatic nitrogens is 3. The number of H-pyrrole nitrogens is 1. The lowest BCUT2D eigenvalue weighted by Crippen LogP contribution is -2.40. The summed E-state index contributed by atoms with van der Waals surface area (Å²) in [6.45, 7) is 2.28. The maximum atomic E-state index is 12.4. The number of hydrogen-bond acceptors (Lipinski definition) is 8. The minimum atomic E-state index is -0.800. The number of fused-ring (bicyclic) bond motifs is 2. The van der Waals surface area contributed by atoms with Crippen LogP contribution in [0, 0.1) is 17.8 Å². The van der Waals surface area contributed by atoms with Gasteiger partial charge >= 0.3 is 0 Å². The normalized spacial score (nSPS) is 28.3. The maximum Gasteiger partial charge on any atom is 0.296 e. The van der Waals surface area contributed by atoms with Crippen LogP contribution in [0.4, 0.5) is 0 Å². The zero-order valence-electron chi connectivity index (χ0n) is 21.2. The molecule has 204 valence electrons. The van der Waals surface area contributed by atoms with E-state index in [0.717, 1.165) is 49.9 Å². The van der Waals surface area contributed by atoms with Crippen molar-refractivity contribution in [2.75, 3.05) is 26.3 Å². The summed E-state index contributed by atoms with van der Waals surface area (Å²) in [6, 6.07) is 9.99. The number of nitrogens with zero attached hydrogens (tertiary/aromatic N) is 3. The van der Waals surface area contributed by atoms with Crippen molar-refractivity contribution in [3.63, 3.8) is 0 Å². The molecular weight excluding hydrogens is 540 g/mol. The second-order valence-electron chi connectivity index (χ2n) is 10.6. The average molecular weight is 569 g/mol. The highest BCUT2D eigenvalue weighted by atomic mass is 35.5. The second-order valence-corrected chi connectivity index (χ2v) is 12.7. The smallest absolute Gasteiger partial charge is 0.296 e. The molecule has 0 amide bonds. The predicted octanol–water partition coefficient (Wildman–Crippen LogP) is 3.07. The number of ether oxygens (including phenoxy) is 3. The summed E-state index contributed by atoms with van der Waals surface area (Å²) in [6.07, 6.45) is 2.43. The molecule has 1 aromatic carbocycles. The fraction of sp³-hybridized carbons (Fsp3) is 0.500. The number of pyridine rings is 1. The first-order valence-electron chi connectivity index (χ1n) is 13.4. The van der Waals surface area contributed by atoms with Gasteiger partial charge in [0.25, 0.3) is 6.01 Å². The first kappa shape index (κ1) is 25.6. The van der Waals surface area contributed by atoms with Crippen molar-refractivity contribution in [2.45, 2.75) is 55.3 Å². The highest BCUT2D eigenvalue weighted by Crippen LogP contribution is 2.34. The number of imidazole rings is 1.